The molecule has 8 nitrogen and oxygen atoms in total. The van der Waals surface area contributed by atoms with Crippen LogP contribution < -0.4 is 16.0 Å². The van der Waals surface area contributed by atoms with E-state index in [-0.39, 0.29) is 12.1 Å². The minimum absolute atomic E-state index is 0.0604. The van der Waals surface area contributed by atoms with Gasteiger partial charge in [0.05, 0.1) is 6.54 Å². The zero-order valence-corrected chi connectivity index (χ0v) is 18.7. The van der Waals surface area contributed by atoms with Gasteiger partial charge in [0.25, 0.3) is 0 Å². The molecule has 1 heterocycles. The summed E-state index contributed by atoms with van der Waals surface area (Å²) < 4.78 is 0. The number of carbonyl (C=O) groups excluding carboxylic acids is 1. The monoisotopic (exact) mass is 447 g/mol. The Morgan fingerprint density at radius 3 is 2.61 bits per heavy atom. The molecule has 0 radical (unpaired) electrons. The van der Waals surface area contributed by atoms with Crippen molar-refractivity contribution >= 4 is 34.4 Å². The molecule has 1 fully saturated rings. The highest BCUT2D eigenvalue weighted by Gasteiger charge is 2.28. The van der Waals surface area contributed by atoms with Crippen LogP contribution >= 0.6 is 0 Å². The quantitative estimate of drug-likeness (QED) is 0.324. The maximum absolute atomic E-state index is 12.9. The lowest BCUT2D eigenvalue weighted by atomic mass is 10.1. The van der Waals surface area contributed by atoms with E-state index in [2.05, 4.69) is 15.3 Å². The van der Waals surface area contributed by atoms with Gasteiger partial charge >= 0.3 is 12.0 Å². The van der Waals surface area contributed by atoms with Gasteiger partial charge in [-0.15, -0.1) is 0 Å². The third kappa shape index (κ3) is 5.00. The first-order valence-corrected chi connectivity index (χ1v) is 11.2. The third-order valence-electron chi connectivity index (χ3n) is 6.20. The summed E-state index contributed by atoms with van der Waals surface area (Å²) in [5.41, 5.74) is 10.8. The van der Waals surface area contributed by atoms with Crippen molar-refractivity contribution in [3.63, 3.8) is 0 Å². The van der Waals surface area contributed by atoms with Crippen molar-refractivity contribution in [3.8, 4) is 0 Å². The molecule has 8 heteroatoms. The van der Waals surface area contributed by atoms with Gasteiger partial charge in [0.15, 0.2) is 0 Å². The maximum atomic E-state index is 12.9. The van der Waals surface area contributed by atoms with Crippen molar-refractivity contribution in [2.45, 2.75) is 45.2 Å². The Kier molecular flexibility index (Phi) is 6.63. The molecule has 4 rings (SSSR count). The van der Waals surface area contributed by atoms with E-state index in [0.29, 0.717) is 12.4 Å². The molecule has 5 N–H and O–H groups in total. The van der Waals surface area contributed by atoms with E-state index < -0.39 is 12.5 Å². The maximum Gasteiger partial charge on any atom is 0.323 e. The molecule has 0 saturated heterocycles. The summed E-state index contributed by atoms with van der Waals surface area (Å²) in [6.45, 7) is 2.04. The predicted octanol–water partition coefficient (Wildman–Crippen LogP) is 3.93. The summed E-state index contributed by atoms with van der Waals surface area (Å²) >= 11 is 0. The topological polar surface area (TPSA) is 124 Å². The second kappa shape index (κ2) is 9.77. The molecule has 1 aromatic heterocycles. The minimum Gasteiger partial charge on any atom is -0.480 e. The largest absolute Gasteiger partial charge is 0.480 e. The number of nitrogens with one attached hydrogen (secondary N) is 2. The number of fused-ring (bicyclic) bond motifs is 1. The number of carboxylic acid groups (broad SMARTS) is 1. The smallest absolute Gasteiger partial charge is 0.323 e. The second-order valence-electron chi connectivity index (χ2n) is 8.39. The number of carboxylic acids is 1. The molecule has 0 bridgehead atoms. The first-order chi connectivity index (χ1) is 15.9. The highest BCUT2D eigenvalue weighted by atomic mass is 16.4. The number of nitrogens with zero attached hydrogens (tertiary/aromatic N) is 2. The number of hydrogen-bond acceptors (Lipinski definition) is 3. The minimum atomic E-state index is -1.06. The number of amidine groups is 1. The molecule has 1 aliphatic rings. The van der Waals surface area contributed by atoms with Crippen LogP contribution in [0.3, 0.4) is 0 Å². The predicted molar refractivity (Wildman–Crippen MR) is 130 cm³/mol. The average Bonchev–Trinajstić information content (AvgIpc) is 3.45. The van der Waals surface area contributed by atoms with Crippen molar-refractivity contribution < 1.29 is 14.7 Å². The zero-order valence-electron chi connectivity index (χ0n) is 18.7. The Hall–Kier alpha value is -3.81. The van der Waals surface area contributed by atoms with E-state index in [9.17, 15) is 9.59 Å². The number of aliphatic imine (C=N–C) groups is 1. The second-order valence-corrected chi connectivity index (χ2v) is 8.39. The van der Waals surface area contributed by atoms with Crippen LogP contribution in [0.25, 0.3) is 10.9 Å². The SMILES string of the molecule is Cc1c(CN=C(N)c2ccccc2)[nH]c2ccc(N(C(=O)NCC(=O)O)C3CCCC3)cc12. The molecule has 0 unspecified atom stereocenters. The Morgan fingerprint density at radius 2 is 1.91 bits per heavy atom. The standard InChI is InChI=1S/C25H29N5O3/c1-16-20-13-19(30(18-9-5-6-10-18)25(33)28-15-23(31)32)11-12-21(20)29-22(16)14-27-24(26)17-7-3-2-4-8-17/h2-4,7-8,11-13,18,29H,5-6,9-10,14-15H2,1H3,(H2,26,27)(H,28,33)(H,31,32). The van der Waals surface area contributed by atoms with Gasteiger partial charge in [-0.3, -0.25) is 14.7 Å². The van der Waals surface area contributed by atoms with Gasteiger partial charge in [0.1, 0.15) is 12.4 Å². The fraction of sp³-hybridized carbons (Fsp3) is 0.320. The number of urea groups is 1. The molecule has 33 heavy (non-hydrogen) atoms. The molecular weight excluding hydrogens is 418 g/mol. The lowest BCUT2D eigenvalue weighted by Gasteiger charge is -2.29. The van der Waals surface area contributed by atoms with Gasteiger partial charge in [0.2, 0.25) is 0 Å². The number of aromatic amines is 1. The normalized spacial score (nSPS) is 14.5. The van der Waals surface area contributed by atoms with Gasteiger partial charge < -0.3 is 21.1 Å². The first kappa shape index (κ1) is 22.4. The molecule has 1 aliphatic carbocycles. The number of aryl methyl sites for hydroxylation is 1. The number of aliphatic carboxylic acids is 1. The zero-order chi connectivity index (χ0) is 23.4. The Bertz CT molecular complexity index is 1180. The molecule has 2 amide bonds. The van der Waals surface area contributed by atoms with E-state index in [0.717, 1.165) is 59.1 Å². The molecule has 172 valence electrons. The fourth-order valence-corrected chi connectivity index (χ4v) is 4.44. The number of anilines is 1. The number of H-pyrrole nitrogens is 1. The number of amides is 2. The van der Waals surface area contributed by atoms with E-state index in [1.54, 1.807) is 4.90 Å². The molecule has 0 spiro atoms. The van der Waals surface area contributed by atoms with Crippen molar-refractivity contribution in [2.24, 2.45) is 10.7 Å². The van der Waals surface area contributed by atoms with E-state index in [1.165, 1.54) is 0 Å². The first-order valence-electron chi connectivity index (χ1n) is 11.2. The molecule has 1 saturated carbocycles. The van der Waals surface area contributed by atoms with Gasteiger partial charge in [0, 0.05) is 33.9 Å². The van der Waals surface area contributed by atoms with E-state index in [4.69, 9.17) is 10.8 Å². The van der Waals surface area contributed by atoms with Crippen LogP contribution in [0.1, 0.15) is 42.5 Å². The lowest BCUT2D eigenvalue weighted by Crippen LogP contribution is -2.46. The van der Waals surface area contributed by atoms with E-state index in [1.807, 2.05) is 55.5 Å². The molecular formula is C25H29N5O3. The highest BCUT2D eigenvalue weighted by Crippen LogP contribution is 2.32. The van der Waals surface area contributed by atoms with Crippen molar-refractivity contribution in [2.75, 3.05) is 11.4 Å². The summed E-state index contributed by atoms with van der Waals surface area (Å²) in [6.07, 6.45) is 3.93. The van der Waals surface area contributed by atoms with Gasteiger partial charge in [-0.1, -0.05) is 43.2 Å². The third-order valence-corrected chi connectivity index (χ3v) is 6.20. The average molecular weight is 448 g/mol. The molecule has 0 atom stereocenters. The number of aromatic nitrogens is 1. The number of benzene rings is 2. The van der Waals surface area contributed by atoms with Gasteiger partial charge in [-0.25, -0.2) is 4.79 Å². The van der Waals surface area contributed by atoms with Crippen LogP contribution in [-0.4, -0.2) is 40.5 Å². The lowest BCUT2D eigenvalue weighted by molar-refractivity contribution is -0.135. The van der Waals surface area contributed by atoms with Crippen LogP contribution in [0.5, 0.6) is 0 Å². The van der Waals surface area contributed by atoms with Crippen LogP contribution in [0.15, 0.2) is 53.5 Å². The van der Waals surface area contributed by atoms with Crippen molar-refractivity contribution in [1.82, 2.24) is 10.3 Å². The fourth-order valence-electron chi connectivity index (χ4n) is 4.44. The molecule has 2 aromatic carbocycles. The number of carbonyl (C=O) groups is 2. The molecule has 3 aromatic rings. The summed E-state index contributed by atoms with van der Waals surface area (Å²) in [4.78, 5) is 33.5. The van der Waals surface area contributed by atoms with Crippen molar-refractivity contribution in [1.29, 1.82) is 0 Å². The summed E-state index contributed by atoms with van der Waals surface area (Å²) in [7, 11) is 0. The van der Waals surface area contributed by atoms with Gasteiger partial charge in [-0.2, -0.15) is 0 Å². The Labute approximate surface area is 192 Å². The summed E-state index contributed by atoms with van der Waals surface area (Å²) in [5, 5.41) is 12.5. The summed E-state index contributed by atoms with van der Waals surface area (Å²) in [5.74, 6) is -0.580. The number of nitrogens with two attached hydrogens (primary N) is 1. The molecule has 0 aliphatic heterocycles. The van der Waals surface area contributed by atoms with Crippen molar-refractivity contribution in [3.05, 3.63) is 65.4 Å². The van der Waals surface area contributed by atoms with Crippen LogP contribution in [0.4, 0.5) is 10.5 Å². The Morgan fingerprint density at radius 1 is 1.18 bits per heavy atom. The van der Waals surface area contributed by atoms with E-state index >= 15 is 0 Å². The number of rotatable bonds is 7. The van der Waals surface area contributed by atoms with Crippen LogP contribution in [0, 0.1) is 6.92 Å². The summed E-state index contributed by atoms with van der Waals surface area (Å²) in [6, 6.07) is 15.2. The highest BCUT2D eigenvalue weighted by molar-refractivity contribution is 5.98. The van der Waals surface area contributed by atoms with Gasteiger partial charge in [-0.05, 0) is 43.5 Å². The van der Waals surface area contributed by atoms with Crippen LogP contribution in [0.2, 0.25) is 0 Å². The Balaban J connectivity index is 1.61. The number of hydrogen-bond donors (Lipinski definition) is 4. The van der Waals surface area contributed by atoms with Crippen LogP contribution in [-0.2, 0) is 11.3 Å².